The van der Waals surface area contributed by atoms with Crippen molar-refractivity contribution < 1.29 is 21.9 Å². The van der Waals surface area contributed by atoms with Gasteiger partial charge in [0.2, 0.25) is 20.0 Å². The van der Waals surface area contributed by atoms with Gasteiger partial charge in [-0.2, -0.15) is 0 Å². The number of nitrogens with two attached hydrogens (primary N) is 1. The van der Waals surface area contributed by atoms with Crippen molar-refractivity contribution in [3.8, 4) is 0 Å². The summed E-state index contributed by atoms with van der Waals surface area (Å²) in [5, 5.41) is 14.1. The summed E-state index contributed by atoms with van der Waals surface area (Å²) in [7, 11) is -7.48. The van der Waals surface area contributed by atoms with E-state index >= 15 is 0 Å². The van der Waals surface area contributed by atoms with Crippen LogP contribution in [0.3, 0.4) is 0 Å². The molecule has 0 spiro atoms. The van der Waals surface area contributed by atoms with E-state index in [0.717, 1.165) is 0 Å². The van der Waals surface area contributed by atoms with Gasteiger partial charge in [-0.25, -0.2) is 26.7 Å². The van der Waals surface area contributed by atoms with Gasteiger partial charge in [-0.15, -0.1) is 0 Å². The molecule has 1 aromatic rings. The maximum Gasteiger partial charge on any atom is 0.240 e. The van der Waals surface area contributed by atoms with Gasteiger partial charge in [0, 0.05) is 6.54 Å². The van der Waals surface area contributed by atoms with Crippen molar-refractivity contribution in [2.45, 2.75) is 17.9 Å². The molecule has 108 valence electrons. The fourth-order valence-electron chi connectivity index (χ4n) is 1.33. The number of nitrogens with one attached hydrogen (secondary N) is 1. The van der Waals surface area contributed by atoms with Crippen LogP contribution >= 0.6 is 0 Å². The molecule has 0 aliphatic carbocycles. The van der Waals surface area contributed by atoms with Gasteiger partial charge in [0.15, 0.2) is 0 Å². The highest BCUT2D eigenvalue weighted by molar-refractivity contribution is 7.90. The number of hydrogen-bond acceptors (Lipinski definition) is 5. The maximum absolute atomic E-state index is 11.8. The Balaban J connectivity index is 2.77. The molecule has 0 heterocycles. The van der Waals surface area contributed by atoms with Crippen LogP contribution in [0.2, 0.25) is 0 Å². The second-order valence-corrected chi connectivity index (χ2v) is 7.51. The highest BCUT2D eigenvalue weighted by atomic mass is 32.2. The quantitative estimate of drug-likeness (QED) is 0.641. The van der Waals surface area contributed by atoms with E-state index in [1.165, 1.54) is 24.3 Å². The van der Waals surface area contributed by atoms with Crippen LogP contribution in [0.1, 0.15) is 18.6 Å². The molecule has 9 heteroatoms. The lowest BCUT2D eigenvalue weighted by molar-refractivity contribution is 0.199. The summed E-state index contributed by atoms with van der Waals surface area (Å²) in [6.45, 7) is 1.27. The first-order valence-corrected chi connectivity index (χ1v) is 8.60. The summed E-state index contributed by atoms with van der Waals surface area (Å²) >= 11 is 0. The number of aliphatic hydroxyl groups excluding tert-OH is 1. The van der Waals surface area contributed by atoms with Crippen LogP contribution in [-0.4, -0.2) is 34.2 Å². The third kappa shape index (κ3) is 5.25. The molecule has 1 atom stereocenters. The molecule has 7 nitrogen and oxygen atoms in total. The number of primary sulfonamides is 1. The predicted octanol–water partition coefficient (Wildman–Crippen LogP) is -0.693. The Morgan fingerprint density at radius 1 is 1.21 bits per heavy atom. The van der Waals surface area contributed by atoms with Gasteiger partial charge < -0.3 is 5.11 Å². The number of aliphatic hydroxyl groups is 1. The zero-order valence-corrected chi connectivity index (χ0v) is 11.9. The first-order valence-electron chi connectivity index (χ1n) is 5.40. The molecule has 0 amide bonds. The topological polar surface area (TPSA) is 127 Å². The number of hydrogen-bond donors (Lipinski definition) is 3. The Hall–Kier alpha value is -1.00. The van der Waals surface area contributed by atoms with E-state index in [1.807, 2.05) is 0 Å². The van der Waals surface area contributed by atoms with Crippen molar-refractivity contribution in [2.24, 2.45) is 5.14 Å². The Bertz CT molecular complexity index is 620. The number of benzene rings is 1. The standard InChI is InChI=1S/C10H16N2O5S2/c1-8(13)9-2-4-10(5-3-9)19(16,17)12-6-7-18(11,14)15/h2-5,8,12-13H,6-7H2,1H3,(H2,11,14,15). The summed E-state index contributed by atoms with van der Waals surface area (Å²) in [6, 6.07) is 5.64. The number of sulfonamides is 2. The summed E-state index contributed by atoms with van der Waals surface area (Å²) in [4.78, 5) is -0.00804. The van der Waals surface area contributed by atoms with Crippen LogP contribution < -0.4 is 9.86 Å². The molecular formula is C10H16N2O5S2. The average molecular weight is 308 g/mol. The van der Waals surface area contributed by atoms with Gasteiger partial charge in [-0.1, -0.05) is 12.1 Å². The third-order valence-electron chi connectivity index (χ3n) is 2.35. The predicted molar refractivity (Wildman–Crippen MR) is 70.2 cm³/mol. The van der Waals surface area contributed by atoms with Crippen LogP contribution in [0, 0.1) is 0 Å². The zero-order valence-electron chi connectivity index (χ0n) is 10.3. The average Bonchev–Trinajstić information content (AvgIpc) is 2.27. The van der Waals surface area contributed by atoms with E-state index in [-0.39, 0.29) is 11.4 Å². The van der Waals surface area contributed by atoms with Crippen molar-refractivity contribution in [1.29, 1.82) is 0 Å². The Kier molecular flexibility index (Phi) is 5.04. The molecule has 0 aliphatic heterocycles. The van der Waals surface area contributed by atoms with E-state index in [4.69, 9.17) is 5.14 Å². The molecule has 0 bridgehead atoms. The second-order valence-electron chi connectivity index (χ2n) is 4.01. The van der Waals surface area contributed by atoms with Gasteiger partial charge in [0.05, 0.1) is 16.8 Å². The molecule has 19 heavy (non-hydrogen) atoms. The molecule has 0 fully saturated rings. The summed E-state index contributed by atoms with van der Waals surface area (Å²) in [5.41, 5.74) is 0.587. The molecule has 0 radical (unpaired) electrons. The SMILES string of the molecule is CC(O)c1ccc(S(=O)(=O)NCCS(N)(=O)=O)cc1. The van der Waals surface area contributed by atoms with Crippen molar-refractivity contribution in [3.05, 3.63) is 29.8 Å². The molecule has 0 saturated carbocycles. The van der Waals surface area contributed by atoms with Crippen LogP contribution in [0.4, 0.5) is 0 Å². The van der Waals surface area contributed by atoms with Crippen LogP contribution in [0.15, 0.2) is 29.2 Å². The fraction of sp³-hybridized carbons (Fsp3) is 0.400. The lowest BCUT2D eigenvalue weighted by atomic mass is 10.1. The van der Waals surface area contributed by atoms with Gasteiger partial charge in [0.25, 0.3) is 0 Å². The van der Waals surface area contributed by atoms with Crippen molar-refractivity contribution >= 4 is 20.0 Å². The Labute approximate surface area is 112 Å². The lowest BCUT2D eigenvalue weighted by Crippen LogP contribution is -2.31. The smallest absolute Gasteiger partial charge is 0.240 e. The summed E-state index contributed by atoms with van der Waals surface area (Å²) in [5.74, 6) is -0.474. The Morgan fingerprint density at radius 2 is 1.74 bits per heavy atom. The van der Waals surface area contributed by atoms with E-state index in [1.54, 1.807) is 6.92 Å². The summed E-state index contributed by atoms with van der Waals surface area (Å²) < 4.78 is 47.1. The monoisotopic (exact) mass is 308 g/mol. The molecule has 0 aromatic heterocycles. The van der Waals surface area contributed by atoms with Gasteiger partial charge in [-0.3, -0.25) is 0 Å². The van der Waals surface area contributed by atoms with Crippen molar-refractivity contribution in [2.75, 3.05) is 12.3 Å². The third-order valence-corrected chi connectivity index (χ3v) is 4.60. The van der Waals surface area contributed by atoms with Gasteiger partial charge in [-0.05, 0) is 24.6 Å². The van der Waals surface area contributed by atoms with Crippen molar-refractivity contribution in [3.63, 3.8) is 0 Å². The summed E-state index contributed by atoms with van der Waals surface area (Å²) in [6.07, 6.45) is -0.688. The molecule has 1 aromatic carbocycles. The minimum Gasteiger partial charge on any atom is -0.389 e. The highest BCUT2D eigenvalue weighted by Gasteiger charge is 2.15. The van der Waals surface area contributed by atoms with Crippen LogP contribution in [0.5, 0.6) is 0 Å². The zero-order chi connectivity index (χ0) is 14.7. The normalized spacial score (nSPS) is 14.3. The van der Waals surface area contributed by atoms with E-state index in [9.17, 15) is 21.9 Å². The first kappa shape index (κ1) is 16.1. The maximum atomic E-state index is 11.8. The highest BCUT2D eigenvalue weighted by Crippen LogP contribution is 2.15. The molecule has 1 rings (SSSR count). The van der Waals surface area contributed by atoms with E-state index in [2.05, 4.69) is 4.72 Å². The minimum atomic E-state index is -3.78. The molecule has 1 unspecified atom stereocenters. The Morgan fingerprint density at radius 3 is 2.16 bits per heavy atom. The van der Waals surface area contributed by atoms with Gasteiger partial charge in [0.1, 0.15) is 0 Å². The second kappa shape index (κ2) is 5.97. The molecule has 0 saturated heterocycles. The minimum absolute atomic E-state index is 0.00804. The molecule has 4 N–H and O–H groups in total. The van der Waals surface area contributed by atoms with E-state index in [0.29, 0.717) is 5.56 Å². The first-order chi connectivity index (χ1) is 8.62. The number of rotatable bonds is 6. The van der Waals surface area contributed by atoms with E-state index < -0.39 is 31.9 Å². The fourth-order valence-corrected chi connectivity index (χ4v) is 2.87. The lowest BCUT2D eigenvalue weighted by Gasteiger charge is -2.08. The molecular weight excluding hydrogens is 292 g/mol. The van der Waals surface area contributed by atoms with Crippen LogP contribution in [0.25, 0.3) is 0 Å². The van der Waals surface area contributed by atoms with Crippen molar-refractivity contribution in [1.82, 2.24) is 4.72 Å². The largest absolute Gasteiger partial charge is 0.389 e. The van der Waals surface area contributed by atoms with Gasteiger partial charge >= 0.3 is 0 Å². The molecule has 0 aliphatic rings. The van der Waals surface area contributed by atoms with Crippen LogP contribution in [-0.2, 0) is 20.0 Å².